The van der Waals surface area contributed by atoms with Crippen molar-refractivity contribution in [1.29, 1.82) is 0 Å². The Morgan fingerprint density at radius 3 is 2.82 bits per heavy atom. The molecular weight excluding hydrogens is 278 g/mol. The van der Waals surface area contributed by atoms with Gasteiger partial charge in [-0.05, 0) is 31.5 Å². The summed E-state index contributed by atoms with van der Waals surface area (Å²) in [5.74, 6) is 1.34. The Kier molecular flexibility index (Phi) is 5.55. The van der Waals surface area contributed by atoms with Crippen LogP contribution in [0.15, 0.2) is 30.6 Å². The Balaban J connectivity index is 2.31. The van der Waals surface area contributed by atoms with E-state index in [0.29, 0.717) is 30.5 Å². The first kappa shape index (κ1) is 16.0. The van der Waals surface area contributed by atoms with Crippen molar-refractivity contribution < 1.29 is 4.74 Å². The number of hydrogen-bond donors (Lipinski definition) is 2. The van der Waals surface area contributed by atoms with Gasteiger partial charge in [-0.25, -0.2) is 9.97 Å². The molecule has 0 fully saturated rings. The number of nitrogens with one attached hydrogen (secondary N) is 1. The number of nitrogens with two attached hydrogens (primary N) is 1. The van der Waals surface area contributed by atoms with Crippen molar-refractivity contribution in [2.75, 3.05) is 42.8 Å². The molecule has 0 saturated heterocycles. The lowest BCUT2D eigenvalue weighted by Gasteiger charge is -2.24. The van der Waals surface area contributed by atoms with Crippen LogP contribution in [0.4, 0.5) is 23.0 Å². The Morgan fingerprint density at radius 1 is 1.32 bits per heavy atom. The Labute approximate surface area is 131 Å². The molecule has 1 aromatic heterocycles. The largest absolute Gasteiger partial charge is 0.393 e. The lowest BCUT2D eigenvalue weighted by molar-refractivity contribution is 0.210. The maximum atomic E-state index is 6.25. The highest BCUT2D eigenvalue weighted by molar-refractivity contribution is 5.79. The summed E-state index contributed by atoms with van der Waals surface area (Å²) >= 11 is 0. The molecule has 0 aliphatic heterocycles. The monoisotopic (exact) mass is 301 g/mol. The summed E-state index contributed by atoms with van der Waals surface area (Å²) in [7, 11) is 1.66. The SMILES string of the molecule is CCN(c1cccc(C)c1)c1ncnc(NCCOC)c1N. The van der Waals surface area contributed by atoms with E-state index in [-0.39, 0.29) is 0 Å². The molecule has 6 heteroatoms. The van der Waals surface area contributed by atoms with Crippen LogP contribution in [0.5, 0.6) is 0 Å². The molecule has 1 heterocycles. The van der Waals surface area contributed by atoms with Crippen molar-refractivity contribution in [2.24, 2.45) is 0 Å². The molecule has 22 heavy (non-hydrogen) atoms. The minimum absolute atomic E-state index is 0.543. The predicted octanol–water partition coefficient (Wildman–Crippen LogP) is 2.58. The first-order valence-electron chi connectivity index (χ1n) is 7.34. The zero-order valence-electron chi connectivity index (χ0n) is 13.3. The zero-order chi connectivity index (χ0) is 15.9. The first-order chi connectivity index (χ1) is 10.7. The van der Waals surface area contributed by atoms with Crippen LogP contribution >= 0.6 is 0 Å². The summed E-state index contributed by atoms with van der Waals surface area (Å²) in [6.45, 7) is 6.14. The van der Waals surface area contributed by atoms with E-state index in [2.05, 4.69) is 52.2 Å². The molecule has 0 spiro atoms. The fourth-order valence-electron chi connectivity index (χ4n) is 2.26. The topological polar surface area (TPSA) is 76.3 Å². The van der Waals surface area contributed by atoms with Crippen molar-refractivity contribution in [3.63, 3.8) is 0 Å². The number of hydrogen-bond acceptors (Lipinski definition) is 6. The smallest absolute Gasteiger partial charge is 0.161 e. The second kappa shape index (κ2) is 7.61. The summed E-state index contributed by atoms with van der Waals surface area (Å²) in [6, 6.07) is 8.26. The lowest BCUT2D eigenvalue weighted by Crippen LogP contribution is -2.20. The molecule has 118 valence electrons. The highest BCUT2D eigenvalue weighted by Crippen LogP contribution is 2.31. The highest BCUT2D eigenvalue weighted by Gasteiger charge is 2.15. The molecule has 0 unspecified atom stereocenters. The van der Waals surface area contributed by atoms with Gasteiger partial charge in [0.05, 0.1) is 6.61 Å². The van der Waals surface area contributed by atoms with Gasteiger partial charge in [0.1, 0.15) is 12.0 Å². The van der Waals surface area contributed by atoms with E-state index in [9.17, 15) is 0 Å². The van der Waals surface area contributed by atoms with Gasteiger partial charge in [0.2, 0.25) is 0 Å². The number of benzene rings is 1. The Hall–Kier alpha value is -2.34. The van der Waals surface area contributed by atoms with E-state index in [1.807, 2.05) is 6.07 Å². The molecule has 0 bridgehead atoms. The maximum Gasteiger partial charge on any atom is 0.161 e. The predicted molar refractivity (Wildman–Crippen MR) is 90.7 cm³/mol. The number of anilines is 4. The molecule has 0 atom stereocenters. The van der Waals surface area contributed by atoms with Crippen LogP contribution in [0, 0.1) is 6.92 Å². The van der Waals surface area contributed by atoms with Crippen LogP contribution in [-0.4, -0.2) is 36.8 Å². The summed E-state index contributed by atoms with van der Waals surface area (Å²) in [4.78, 5) is 10.6. The van der Waals surface area contributed by atoms with E-state index >= 15 is 0 Å². The van der Waals surface area contributed by atoms with Gasteiger partial charge in [-0.15, -0.1) is 0 Å². The van der Waals surface area contributed by atoms with Gasteiger partial charge in [0.15, 0.2) is 11.6 Å². The van der Waals surface area contributed by atoms with Gasteiger partial charge < -0.3 is 20.7 Å². The van der Waals surface area contributed by atoms with E-state index in [1.165, 1.54) is 11.9 Å². The zero-order valence-corrected chi connectivity index (χ0v) is 13.3. The van der Waals surface area contributed by atoms with Gasteiger partial charge in [0.25, 0.3) is 0 Å². The second-order valence-electron chi connectivity index (χ2n) is 4.96. The molecule has 1 aromatic carbocycles. The van der Waals surface area contributed by atoms with Crippen molar-refractivity contribution in [2.45, 2.75) is 13.8 Å². The number of nitrogens with zero attached hydrogens (tertiary/aromatic N) is 3. The van der Waals surface area contributed by atoms with Crippen LogP contribution in [-0.2, 0) is 4.74 Å². The third kappa shape index (κ3) is 3.65. The van der Waals surface area contributed by atoms with Crippen LogP contribution in [0.3, 0.4) is 0 Å². The van der Waals surface area contributed by atoms with Crippen LogP contribution in [0.25, 0.3) is 0 Å². The number of nitrogen functional groups attached to an aromatic ring is 1. The van der Waals surface area contributed by atoms with Crippen molar-refractivity contribution in [1.82, 2.24) is 9.97 Å². The average Bonchev–Trinajstić information content (AvgIpc) is 2.51. The fraction of sp³-hybridized carbons (Fsp3) is 0.375. The molecule has 0 aliphatic carbocycles. The maximum absolute atomic E-state index is 6.25. The summed E-state index contributed by atoms with van der Waals surface area (Å²) in [5.41, 5.74) is 9.05. The molecule has 0 aliphatic rings. The molecule has 2 aromatic rings. The molecule has 3 N–H and O–H groups in total. The molecule has 0 amide bonds. The first-order valence-corrected chi connectivity index (χ1v) is 7.34. The second-order valence-corrected chi connectivity index (χ2v) is 4.96. The number of aromatic nitrogens is 2. The van der Waals surface area contributed by atoms with Crippen molar-refractivity contribution in [3.8, 4) is 0 Å². The standard InChI is InChI=1S/C16H23N5O/c1-4-21(13-7-5-6-12(2)10-13)16-14(17)15(19-11-20-16)18-8-9-22-3/h5-7,10-11H,4,8-9,17H2,1-3H3,(H,18,19,20). The van der Waals surface area contributed by atoms with Gasteiger partial charge in [-0.3, -0.25) is 0 Å². The third-order valence-corrected chi connectivity index (χ3v) is 3.35. The molecular formula is C16H23N5O. The normalized spacial score (nSPS) is 10.5. The molecule has 0 saturated carbocycles. The Morgan fingerprint density at radius 2 is 2.14 bits per heavy atom. The average molecular weight is 301 g/mol. The number of aryl methyl sites for hydroxylation is 1. The third-order valence-electron chi connectivity index (χ3n) is 3.35. The number of ether oxygens (including phenoxy) is 1. The van der Waals surface area contributed by atoms with E-state index in [4.69, 9.17) is 10.5 Å². The summed E-state index contributed by atoms with van der Waals surface area (Å²) < 4.78 is 5.03. The minimum Gasteiger partial charge on any atom is -0.393 e. The summed E-state index contributed by atoms with van der Waals surface area (Å²) in [5, 5.41) is 3.17. The lowest BCUT2D eigenvalue weighted by atomic mass is 10.2. The van der Waals surface area contributed by atoms with Gasteiger partial charge >= 0.3 is 0 Å². The van der Waals surface area contributed by atoms with Gasteiger partial charge in [0, 0.05) is 25.9 Å². The molecule has 2 rings (SSSR count). The van der Waals surface area contributed by atoms with Crippen LogP contribution < -0.4 is 16.0 Å². The minimum atomic E-state index is 0.543. The van der Waals surface area contributed by atoms with E-state index in [0.717, 1.165) is 12.2 Å². The van der Waals surface area contributed by atoms with E-state index in [1.54, 1.807) is 7.11 Å². The van der Waals surface area contributed by atoms with Crippen molar-refractivity contribution >= 4 is 23.0 Å². The molecule has 6 nitrogen and oxygen atoms in total. The quantitative estimate of drug-likeness (QED) is 0.766. The highest BCUT2D eigenvalue weighted by atomic mass is 16.5. The van der Waals surface area contributed by atoms with Crippen LogP contribution in [0.2, 0.25) is 0 Å². The van der Waals surface area contributed by atoms with Crippen molar-refractivity contribution in [3.05, 3.63) is 36.2 Å². The number of rotatable bonds is 7. The van der Waals surface area contributed by atoms with Gasteiger partial charge in [-0.2, -0.15) is 0 Å². The van der Waals surface area contributed by atoms with Crippen LogP contribution in [0.1, 0.15) is 12.5 Å². The Bertz CT molecular complexity index is 617. The molecule has 0 radical (unpaired) electrons. The van der Waals surface area contributed by atoms with Gasteiger partial charge in [-0.1, -0.05) is 12.1 Å². The van der Waals surface area contributed by atoms with E-state index < -0.39 is 0 Å². The fourth-order valence-corrected chi connectivity index (χ4v) is 2.26. The number of methoxy groups -OCH3 is 1. The summed E-state index contributed by atoms with van der Waals surface area (Å²) in [6.07, 6.45) is 1.53.